The van der Waals surface area contributed by atoms with Gasteiger partial charge >= 0.3 is 5.69 Å². The fourth-order valence-electron chi connectivity index (χ4n) is 3.06. The first kappa shape index (κ1) is 15.7. The molecule has 8 nitrogen and oxygen atoms in total. The van der Waals surface area contributed by atoms with E-state index in [1.807, 2.05) is 0 Å². The summed E-state index contributed by atoms with van der Waals surface area (Å²) >= 11 is 0. The number of benzene rings is 1. The highest BCUT2D eigenvalue weighted by molar-refractivity contribution is 5.77. The largest absolute Gasteiger partial charge is 0.493 e. The third kappa shape index (κ3) is 3.11. The fourth-order valence-corrected chi connectivity index (χ4v) is 3.06. The van der Waals surface area contributed by atoms with Crippen molar-refractivity contribution < 1.29 is 13.6 Å². The van der Waals surface area contributed by atoms with Crippen LogP contribution in [0.5, 0.6) is 11.5 Å². The highest BCUT2D eigenvalue weighted by Gasteiger charge is 2.17. The van der Waals surface area contributed by atoms with Crippen molar-refractivity contribution in [3.05, 3.63) is 50.4 Å². The predicted octanol–water partition coefficient (Wildman–Crippen LogP) is 2.12. The van der Waals surface area contributed by atoms with Gasteiger partial charge in [0, 0.05) is 24.2 Å². The van der Waals surface area contributed by atoms with Crippen LogP contribution in [0.25, 0.3) is 23.3 Å². The molecule has 0 aliphatic heterocycles. The highest BCUT2D eigenvalue weighted by Crippen LogP contribution is 2.28. The topological polar surface area (TPSA) is 80.3 Å². The second-order valence-electron chi connectivity index (χ2n) is 6.00. The number of ether oxygens (including phenoxy) is 2. The van der Waals surface area contributed by atoms with Crippen molar-refractivity contribution in [1.29, 1.82) is 0 Å². The van der Waals surface area contributed by atoms with Crippen LogP contribution in [0.3, 0.4) is 0 Å². The minimum Gasteiger partial charge on any atom is -0.493 e. The van der Waals surface area contributed by atoms with E-state index in [1.165, 1.54) is 24.9 Å². The van der Waals surface area contributed by atoms with Crippen LogP contribution in [0.1, 0.15) is 29.3 Å². The number of hydrogen-bond acceptors (Lipinski definition) is 5. The Hall–Kier alpha value is -3.29. The number of nitrogens with zero attached hydrogens (tertiary/aromatic N) is 4. The average molecular weight is 388 g/mol. The number of hydrogen-bond donors (Lipinski definition) is 0. The van der Waals surface area contributed by atoms with Crippen LogP contribution < -0.4 is 20.7 Å². The zero-order valence-electron chi connectivity index (χ0n) is 19.2. The molecule has 0 aliphatic carbocycles. The standard InChI is InChI=1S/C20H24N4O4/c1-6-23-18-17(19(25)24(7-2)20(23)26)22(3)16(21-18)11-9-13-8-10-14(27-4)15(12-13)28-5/h8-12H,6-7H2,1-5H3/i3+1D3. The summed E-state index contributed by atoms with van der Waals surface area (Å²) in [5, 5.41) is 0. The van der Waals surface area contributed by atoms with Gasteiger partial charge in [-0.2, -0.15) is 0 Å². The van der Waals surface area contributed by atoms with Gasteiger partial charge in [-0.3, -0.25) is 13.9 Å². The molecule has 2 heterocycles. The Kier molecular flexibility index (Phi) is 4.36. The van der Waals surface area contributed by atoms with Crippen LogP contribution in [0.4, 0.5) is 0 Å². The van der Waals surface area contributed by atoms with Crippen LogP contribution in [-0.4, -0.2) is 32.9 Å². The smallest absolute Gasteiger partial charge is 0.332 e. The molecule has 8 heteroatoms. The molecule has 0 radical (unpaired) electrons. The summed E-state index contributed by atoms with van der Waals surface area (Å²) in [6.45, 7) is 1.08. The summed E-state index contributed by atoms with van der Waals surface area (Å²) < 4.78 is 37.6. The summed E-state index contributed by atoms with van der Waals surface area (Å²) in [5.74, 6) is 1.11. The number of fused-ring (bicyclic) bond motifs is 1. The number of methoxy groups -OCH3 is 2. The Morgan fingerprint density at radius 1 is 1.07 bits per heavy atom. The Bertz CT molecular complexity index is 1270. The molecule has 0 amide bonds. The van der Waals surface area contributed by atoms with Crippen LogP contribution in [-0.2, 0) is 20.1 Å². The average Bonchev–Trinajstić information content (AvgIpc) is 3.12. The second kappa shape index (κ2) is 7.75. The number of rotatable bonds is 6. The van der Waals surface area contributed by atoms with Gasteiger partial charge in [0.1, 0.15) is 5.82 Å². The Balaban J connectivity index is 2.28. The summed E-state index contributed by atoms with van der Waals surface area (Å²) in [5.41, 5.74) is -0.573. The van der Waals surface area contributed by atoms with Gasteiger partial charge in [0.25, 0.3) is 5.56 Å². The molecule has 3 rings (SSSR count). The SMILES string of the molecule is [2H][13C]([2H])([2H])n1c(C=Cc2ccc(OC)c(OC)c2)nc2c1c(=O)n(CC)c(=O)n2CC. The van der Waals surface area contributed by atoms with Crippen molar-refractivity contribution in [2.75, 3.05) is 14.2 Å². The predicted molar refractivity (Wildman–Crippen MR) is 109 cm³/mol. The first-order chi connectivity index (χ1) is 14.7. The van der Waals surface area contributed by atoms with Gasteiger partial charge in [0.05, 0.1) is 14.2 Å². The maximum atomic E-state index is 12.9. The van der Waals surface area contributed by atoms with E-state index >= 15 is 0 Å². The maximum absolute atomic E-state index is 12.9. The highest BCUT2D eigenvalue weighted by atomic mass is 16.5. The quantitative estimate of drug-likeness (QED) is 0.605. The molecule has 0 bridgehead atoms. The number of aryl methyl sites for hydroxylation is 2. The molecule has 0 saturated carbocycles. The first-order valence-electron chi connectivity index (χ1n) is 10.3. The van der Waals surface area contributed by atoms with Crippen LogP contribution in [0.15, 0.2) is 27.8 Å². The molecule has 0 aliphatic rings. The van der Waals surface area contributed by atoms with Crippen molar-refractivity contribution in [2.45, 2.75) is 26.9 Å². The lowest BCUT2D eigenvalue weighted by atomic mass is 10.2. The van der Waals surface area contributed by atoms with Gasteiger partial charge in [-0.15, -0.1) is 0 Å². The minimum absolute atomic E-state index is 0.0392. The summed E-state index contributed by atoms with van der Waals surface area (Å²) in [6.07, 6.45) is 3.14. The third-order valence-corrected chi connectivity index (χ3v) is 4.52. The monoisotopic (exact) mass is 388 g/mol. The molecular formula is C20H24N4O4. The van der Waals surface area contributed by atoms with E-state index < -0.39 is 18.2 Å². The van der Waals surface area contributed by atoms with Crippen molar-refractivity contribution in [1.82, 2.24) is 18.7 Å². The Morgan fingerprint density at radius 3 is 2.39 bits per heavy atom. The molecule has 0 N–H and O–H groups in total. The van der Waals surface area contributed by atoms with E-state index in [-0.39, 0.29) is 30.1 Å². The number of imidazole rings is 1. The number of aromatic nitrogens is 4. The third-order valence-electron chi connectivity index (χ3n) is 4.52. The summed E-state index contributed by atoms with van der Waals surface area (Å²) in [6, 6.07) is 5.22. The van der Waals surface area contributed by atoms with E-state index in [4.69, 9.17) is 13.6 Å². The molecule has 0 atom stereocenters. The molecular weight excluding hydrogens is 361 g/mol. The van der Waals surface area contributed by atoms with E-state index in [0.717, 1.165) is 9.13 Å². The molecule has 0 saturated heterocycles. The lowest BCUT2D eigenvalue weighted by molar-refractivity contribution is 0.355. The molecule has 1 aromatic carbocycles. The molecule has 148 valence electrons. The van der Waals surface area contributed by atoms with Crippen LogP contribution in [0.2, 0.25) is 0 Å². The molecule has 0 spiro atoms. The molecule has 28 heavy (non-hydrogen) atoms. The van der Waals surface area contributed by atoms with E-state index in [2.05, 4.69) is 4.98 Å². The molecule has 0 fully saturated rings. The van der Waals surface area contributed by atoms with Gasteiger partial charge in [-0.25, -0.2) is 9.78 Å². The zero-order chi connectivity index (χ0) is 22.9. The summed E-state index contributed by atoms with van der Waals surface area (Å²) in [7, 11) is 3.05. The van der Waals surface area contributed by atoms with E-state index in [0.29, 0.717) is 17.1 Å². The Labute approximate surface area is 166 Å². The fraction of sp³-hybridized carbons (Fsp3) is 0.350. The second-order valence-corrected chi connectivity index (χ2v) is 6.00. The first-order valence-corrected chi connectivity index (χ1v) is 8.84. The maximum Gasteiger partial charge on any atom is 0.332 e. The lowest BCUT2D eigenvalue weighted by Crippen LogP contribution is -2.39. The molecule has 0 unspecified atom stereocenters. The van der Waals surface area contributed by atoms with Crippen molar-refractivity contribution in [3.8, 4) is 11.5 Å². The van der Waals surface area contributed by atoms with Gasteiger partial charge < -0.3 is 14.0 Å². The van der Waals surface area contributed by atoms with Crippen LogP contribution in [0, 0.1) is 0 Å². The molecule has 3 aromatic rings. The van der Waals surface area contributed by atoms with Gasteiger partial charge in [0.2, 0.25) is 0 Å². The normalized spacial score (nSPS) is 13.5. The van der Waals surface area contributed by atoms with E-state index in [1.54, 1.807) is 38.1 Å². The van der Waals surface area contributed by atoms with Gasteiger partial charge in [-0.05, 0) is 37.6 Å². The summed E-state index contributed by atoms with van der Waals surface area (Å²) in [4.78, 5) is 29.9. The lowest BCUT2D eigenvalue weighted by Gasteiger charge is -2.08. The Morgan fingerprint density at radius 2 is 1.79 bits per heavy atom. The van der Waals surface area contributed by atoms with Gasteiger partial charge in [0.15, 0.2) is 22.7 Å². The van der Waals surface area contributed by atoms with Crippen molar-refractivity contribution in [3.63, 3.8) is 0 Å². The zero-order valence-corrected chi connectivity index (χ0v) is 16.2. The minimum atomic E-state index is -2.67. The van der Waals surface area contributed by atoms with Gasteiger partial charge in [-0.1, -0.05) is 12.1 Å². The molecule has 2 aromatic heterocycles. The van der Waals surface area contributed by atoms with Crippen molar-refractivity contribution >= 4 is 23.3 Å². The van der Waals surface area contributed by atoms with E-state index in [9.17, 15) is 9.59 Å². The van der Waals surface area contributed by atoms with Crippen molar-refractivity contribution in [2.24, 2.45) is 6.98 Å². The van der Waals surface area contributed by atoms with Crippen LogP contribution >= 0.6 is 0 Å².